The third-order valence-electron chi connectivity index (χ3n) is 5.22. The molecule has 0 spiro atoms. The van der Waals surface area contributed by atoms with Crippen LogP contribution >= 0.6 is 0 Å². The Morgan fingerprint density at radius 3 is 2.17 bits per heavy atom. The Labute approximate surface area is 208 Å². The second-order valence-corrected chi connectivity index (χ2v) is 10.6. The zero-order valence-electron chi connectivity index (χ0n) is 18.8. The van der Waals surface area contributed by atoms with Crippen LogP contribution in [0.5, 0.6) is 0 Å². The molecule has 10 nitrogen and oxygen atoms in total. The van der Waals surface area contributed by atoms with Crippen LogP contribution in [0.15, 0.2) is 76.6 Å². The minimum Gasteiger partial charge on any atom is -0.399 e. The van der Waals surface area contributed by atoms with Crippen LogP contribution in [-0.2, 0) is 26.7 Å². The molecular formula is C24H22N4O6S2. The van der Waals surface area contributed by atoms with Crippen LogP contribution in [0.1, 0.15) is 28.9 Å². The van der Waals surface area contributed by atoms with Crippen molar-refractivity contribution in [3.63, 3.8) is 0 Å². The fraction of sp³-hybridized carbons (Fsp3) is 0.0833. The van der Waals surface area contributed by atoms with Crippen molar-refractivity contribution in [1.82, 2.24) is 15.0 Å². The molecule has 0 amide bonds. The molecule has 0 atom stereocenters. The zero-order chi connectivity index (χ0) is 25.9. The van der Waals surface area contributed by atoms with Gasteiger partial charge in [-0.15, -0.1) is 5.10 Å². The number of benzene rings is 2. The lowest BCUT2D eigenvalue weighted by atomic mass is 10.1. The van der Waals surface area contributed by atoms with E-state index >= 15 is 0 Å². The van der Waals surface area contributed by atoms with E-state index in [-0.39, 0.29) is 16.8 Å². The Kier molecular flexibility index (Phi) is 7.04. The van der Waals surface area contributed by atoms with Gasteiger partial charge in [0.25, 0.3) is 20.2 Å². The maximum Gasteiger partial charge on any atom is 0.295 e. The van der Waals surface area contributed by atoms with Crippen molar-refractivity contribution in [3.8, 4) is 5.69 Å². The number of anilines is 1. The van der Waals surface area contributed by atoms with Gasteiger partial charge in [-0.2, -0.15) is 26.7 Å². The molecule has 0 bridgehead atoms. The fourth-order valence-electron chi connectivity index (χ4n) is 3.51. The number of nitrogens with two attached hydrogens (primary N) is 1. The van der Waals surface area contributed by atoms with E-state index in [1.807, 2.05) is 36.5 Å². The molecular weight excluding hydrogens is 504 g/mol. The maximum absolute atomic E-state index is 12.2. The van der Waals surface area contributed by atoms with Crippen LogP contribution in [-0.4, -0.2) is 40.9 Å². The number of aromatic nitrogens is 3. The monoisotopic (exact) mass is 526 g/mol. The molecule has 0 aliphatic heterocycles. The van der Waals surface area contributed by atoms with Gasteiger partial charge in [0.2, 0.25) is 0 Å². The summed E-state index contributed by atoms with van der Waals surface area (Å²) in [6, 6.07) is 8.08. The van der Waals surface area contributed by atoms with Crippen molar-refractivity contribution in [3.05, 3.63) is 89.3 Å². The molecule has 1 aromatic heterocycles. The molecule has 4 rings (SSSR count). The van der Waals surface area contributed by atoms with Gasteiger partial charge in [0.15, 0.2) is 0 Å². The smallest absolute Gasteiger partial charge is 0.295 e. The fourth-order valence-corrected chi connectivity index (χ4v) is 4.93. The first-order valence-electron chi connectivity index (χ1n) is 10.6. The SMILES string of the molecule is Nc1ccc(/C=C/c2ccc(-n3nc4c(n3)C/C=C\C=C/CC=C4)cc2S(=O)(=O)O)c(S(=O)(=O)O)c1. The van der Waals surface area contributed by atoms with Gasteiger partial charge in [-0.3, -0.25) is 9.11 Å². The van der Waals surface area contributed by atoms with Gasteiger partial charge in [0, 0.05) is 12.1 Å². The van der Waals surface area contributed by atoms with E-state index in [2.05, 4.69) is 10.2 Å². The Balaban J connectivity index is 1.76. The average molecular weight is 527 g/mol. The zero-order valence-corrected chi connectivity index (χ0v) is 20.4. The summed E-state index contributed by atoms with van der Waals surface area (Å²) >= 11 is 0. The number of hydrogen-bond donors (Lipinski definition) is 3. The van der Waals surface area contributed by atoms with E-state index in [1.54, 1.807) is 6.07 Å². The lowest BCUT2D eigenvalue weighted by Crippen LogP contribution is -2.05. The third kappa shape index (κ3) is 5.86. The maximum atomic E-state index is 12.2. The van der Waals surface area contributed by atoms with Crippen molar-refractivity contribution in [2.75, 3.05) is 5.73 Å². The Bertz CT molecular complexity index is 1650. The molecule has 0 radical (unpaired) electrons. The summed E-state index contributed by atoms with van der Waals surface area (Å²) in [5.74, 6) is 0. The lowest BCUT2D eigenvalue weighted by molar-refractivity contribution is 0.480. The molecule has 4 N–H and O–H groups in total. The quantitative estimate of drug-likeness (QED) is 0.256. The van der Waals surface area contributed by atoms with Crippen molar-refractivity contribution in [1.29, 1.82) is 0 Å². The molecule has 1 heterocycles. The average Bonchev–Trinajstić information content (AvgIpc) is 3.22. The minimum absolute atomic E-state index is 0.0757. The van der Waals surface area contributed by atoms with Crippen LogP contribution in [0.4, 0.5) is 5.69 Å². The highest BCUT2D eigenvalue weighted by Crippen LogP contribution is 2.25. The second-order valence-electron chi connectivity index (χ2n) is 7.82. The normalized spacial score (nSPS) is 16.1. The van der Waals surface area contributed by atoms with E-state index in [9.17, 15) is 25.9 Å². The summed E-state index contributed by atoms with van der Waals surface area (Å²) in [5.41, 5.74) is 7.51. The molecule has 186 valence electrons. The van der Waals surface area contributed by atoms with Crippen LogP contribution in [0, 0.1) is 0 Å². The molecule has 1 aliphatic rings. The van der Waals surface area contributed by atoms with Crippen molar-refractivity contribution < 1.29 is 25.9 Å². The number of nitrogen functional groups attached to an aromatic ring is 1. The molecule has 0 saturated heterocycles. The van der Waals surface area contributed by atoms with Gasteiger partial charge in [0.1, 0.15) is 15.5 Å². The highest BCUT2D eigenvalue weighted by Gasteiger charge is 2.18. The molecule has 3 aromatic rings. The molecule has 36 heavy (non-hydrogen) atoms. The number of nitrogens with zero attached hydrogens (tertiary/aromatic N) is 3. The molecule has 2 aromatic carbocycles. The number of hydrogen-bond acceptors (Lipinski definition) is 7. The van der Waals surface area contributed by atoms with Gasteiger partial charge in [0.05, 0.1) is 11.4 Å². The molecule has 0 saturated carbocycles. The van der Waals surface area contributed by atoms with Crippen LogP contribution in [0.25, 0.3) is 23.9 Å². The van der Waals surface area contributed by atoms with Gasteiger partial charge < -0.3 is 5.73 Å². The molecule has 12 heteroatoms. The second kappa shape index (κ2) is 10.0. The summed E-state index contributed by atoms with van der Waals surface area (Å²) in [6.07, 6.45) is 15.4. The highest BCUT2D eigenvalue weighted by atomic mass is 32.2. The summed E-state index contributed by atoms with van der Waals surface area (Å²) in [4.78, 5) is 0.413. The summed E-state index contributed by atoms with van der Waals surface area (Å²) < 4.78 is 67.1. The molecule has 0 fully saturated rings. The minimum atomic E-state index is -4.68. The Morgan fingerprint density at radius 2 is 1.47 bits per heavy atom. The molecule has 1 aliphatic carbocycles. The number of rotatable bonds is 5. The van der Waals surface area contributed by atoms with Gasteiger partial charge in [-0.1, -0.05) is 54.7 Å². The van der Waals surface area contributed by atoms with Crippen LogP contribution in [0.3, 0.4) is 0 Å². The van der Waals surface area contributed by atoms with Crippen molar-refractivity contribution in [2.45, 2.75) is 22.6 Å². The van der Waals surface area contributed by atoms with E-state index in [4.69, 9.17) is 5.73 Å². The first-order valence-corrected chi connectivity index (χ1v) is 13.5. The first-order chi connectivity index (χ1) is 17.0. The third-order valence-corrected chi connectivity index (χ3v) is 7.04. The van der Waals surface area contributed by atoms with E-state index in [0.29, 0.717) is 23.5 Å². The highest BCUT2D eigenvalue weighted by molar-refractivity contribution is 7.86. The predicted octanol–water partition coefficient (Wildman–Crippen LogP) is 3.59. The van der Waals surface area contributed by atoms with Gasteiger partial charge >= 0.3 is 0 Å². The predicted molar refractivity (Wildman–Crippen MR) is 136 cm³/mol. The summed E-state index contributed by atoms with van der Waals surface area (Å²) in [7, 11) is -9.26. The Hall–Kier alpha value is -3.84. The van der Waals surface area contributed by atoms with Gasteiger partial charge in [-0.25, -0.2) is 0 Å². The van der Waals surface area contributed by atoms with E-state index in [1.165, 1.54) is 41.2 Å². The summed E-state index contributed by atoms with van der Waals surface area (Å²) in [6.45, 7) is 0. The van der Waals surface area contributed by atoms with Crippen molar-refractivity contribution in [2.24, 2.45) is 0 Å². The summed E-state index contributed by atoms with van der Waals surface area (Å²) in [5, 5.41) is 8.91. The van der Waals surface area contributed by atoms with E-state index in [0.717, 1.165) is 12.5 Å². The van der Waals surface area contributed by atoms with Crippen LogP contribution < -0.4 is 5.73 Å². The Morgan fingerprint density at radius 1 is 0.833 bits per heavy atom. The first kappa shape index (κ1) is 25.3. The largest absolute Gasteiger partial charge is 0.399 e. The number of fused-ring (bicyclic) bond motifs is 1. The van der Waals surface area contributed by atoms with Crippen LogP contribution in [0.2, 0.25) is 0 Å². The van der Waals surface area contributed by atoms with Crippen molar-refractivity contribution >= 4 is 44.2 Å². The topological polar surface area (TPSA) is 165 Å². The standard InChI is InChI=1S/C24H22N4O6S2/c25-19-13-11-17(23(15-19)35(29,30)31)9-10-18-12-14-20(16-24(18)36(32,33)34)28-26-21-7-5-3-1-2-4-6-8-22(21)27-28/h1-3,5-6,8-16H,4,7,25H2,(H,29,30,31)(H,32,33,34)/b2-1-,5-3-,8-6?,10-9+. The lowest BCUT2D eigenvalue weighted by Gasteiger charge is -2.08. The molecule has 0 unspecified atom stereocenters. The van der Waals surface area contributed by atoms with Gasteiger partial charge in [-0.05, 0) is 47.9 Å². The van der Waals surface area contributed by atoms with E-state index < -0.39 is 30.0 Å². The number of allylic oxidation sites excluding steroid dienone is 5.